The topological polar surface area (TPSA) is 57.1 Å². The smallest absolute Gasteiger partial charge is 0.323 e. The van der Waals surface area contributed by atoms with Crippen LogP contribution >= 0.6 is 11.6 Å². The molecule has 1 saturated carbocycles. The number of halogens is 1. The first-order valence-electron chi connectivity index (χ1n) is 6.84. The molecular formula is C13H20ClN3O2. The molecule has 1 heterocycles. The van der Waals surface area contributed by atoms with E-state index in [-0.39, 0.29) is 17.3 Å². The highest BCUT2D eigenvalue weighted by Crippen LogP contribution is 2.28. The van der Waals surface area contributed by atoms with E-state index in [4.69, 9.17) is 21.1 Å². The second-order valence-electron chi connectivity index (χ2n) is 5.05. The molecule has 2 rings (SSSR count). The number of rotatable bonds is 5. The first-order chi connectivity index (χ1) is 9.17. The van der Waals surface area contributed by atoms with Crippen molar-refractivity contribution in [3.8, 4) is 12.0 Å². The Hall–Kier alpha value is -1.10. The molecule has 1 aliphatic carbocycles. The fourth-order valence-corrected chi connectivity index (χ4v) is 2.62. The summed E-state index contributed by atoms with van der Waals surface area (Å²) < 4.78 is 10.8. The van der Waals surface area contributed by atoms with Gasteiger partial charge in [-0.15, -0.1) is 4.98 Å². The van der Waals surface area contributed by atoms with Gasteiger partial charge in [0.1, 0.15) is 0 Å². The van der Waals surface area contributed by atoms with E-state index in [2.05, 4.69) is 21.9 Å². The van der Waals surface area contributed by atoms with Crippen molar-refractivity contribution in [2.24, 2.45) is 11.8 Å². The van der Waals surface area contributed by atoms with Crippen LogP contribution in [0.5, 0.6) is 12.0 Å². The maximum Gasteiger partial charge on any atom is 0.323 e. The van der Waals surface area contributed by atoms with Gasteiger partial charge in [-0.2, -0.15) is 9.97 Å². The van der Waals surface area contributed by atoms with Crippen LogP contribution in [0.1, 0.15) is 39.5 Å². The molecule has 0 spiro atoms. The highest BCUT2D eigenvalue weighted by atomic mass is 35.5. The molecular weight excluding hydrogens is 266 g/mol. The predicted molar refractivity (Wildman–Crippen MR) is 72.6 cm³/mol. The molecule has 2 unspecified atom stereocenters. The van der Waals surface area contributed by atoms with Crippen LogP contribution < -0.4 is 9.47 Å². The summed E-state index contributed by atoms with van der Waals surface area (Å²) in [5.41, 5.74) is 0. The van der Waals surface area contributed by atoms with Crippen molar-refractivity contribution in [2.75, 3.05) is 13.2 Å². The molecule has 0 aliphatic heterocycles. The first-order valence-corrected chi connectivity index (χ1v) is 7.22. The van der Waals surface area contributed by atoms with Gasteiger partial charge in [-0.25, -0.2) is 0 Å². The van der Waals surface area contributed by atoms with Gasteiger partial charge >= 0.3 is 12.0 Å². The molecule has 1 aromatic heterocycles. The third kappa shape index (κ3) is 4.49. The van der Waals surface area contributed by atoms with Crippen LogP contribution in [0.3, 0.4) is 0 Å². The zero-order chi connectivity index (χ0) is 13.7. The summed E-state index contributed by atoms with van der Waals surface area (Å²) in [7, 11) is 0. The first kappa shape index (κ1) is 14.3. The van der Waals surface area contributed by atoms with Gasteiger partial charge in [-0.1, -0.05) is 19.8 Å². The van der Waals surface area contributed by atoms with E-state index in [1.54, 1.807) is 0 Å². The summed E-state index contributed by atoms with van der Waals surface area (Å²) in [6, 6.07) is 0.469. The van der Waals surface area contributed by atoms with Gasteiger partial charge in [0.15, 0.2) is 0 Å². The molecule has 0 amide bonds. The van der Waals surface area contributed by atoms with Crippen molar-refractivity contribution in [3.05, 3.63) is 5.28 Å². The molecule has 0 bridgehead atoms. The molecule has 6 heteroatoms. The van der Waals surface area contributed by atoms with Gasteiger partial charge < -0.3 is 9.47 Å². The highest BCUT2D eigenvalue weighted by Gasteiger charge is 2.20. The van der Waals surface area contributed by atoms with Gasteiger partial charge in [0.2, 0.25) is 5.28 Å². The standard InChI is InChI=1S/C13H20ClN3O2/c1-3-18-12-15-11(14)16-13(17-12)19-8-10-6-4-5-9(2)7-10/h9-10H,3-8H2,1-2H3. The summed E-state index contributed by atoms with van der Waals surface area (Å²) >= 11 is 5.81. The monoisotopic (exact) mass is 285 g/mol. The number of hydrogen-bond acceptors (Lipinski definition) is 5. The lowest BCUT2D eigenvalue weighted by Gasteiger charge is -2.26. The van der Waals surface area contributed by atoms with E-state index in [0.29, 0.717) is 19.1 Å². The van der Waals surface area contributed by atoms with E-state index >= 15 is 0 Å². The minimum absolute atomic E-state index is 0.102. The zero-order valence-corrected chi connectivity index (χ0v) is 12.2. The zero-order valence-electron chi connectivity index (χ0n) is 11.4. The van der Waals surface area contributed by atoms with Crippen LogP contribution in [0.2, 0.25) is 5.28 Å². The Balaban J connectivity index is 1.91. The second kappa shape index (κ2) is 6.89. The van der Waals surface area contributed by atoms with Gasteiger partial charge in [-0.3, -0.25) is 0 Å². The van der Waals surface area contributed by atoms with E-state index < -0.39 is 0 Å². The maximum absolute atomic E-state index is 5.81. The van der Waals surface area contributed by atoms with Gasteiger partial charge in [0.05, 0.1) is 13.2 Å². The molecule has 1 fully saturated rings. The van der Waals surface area contributed by atoms with E-state index in [1.807, 2.05) is 6.92 Å². The predicted octanol–water partition coefficient (Wildman–Crippen LogP) is 3.13. The molecule has 0 N–H and O–H groups in total. The van der Waals surface area contributed by atoms with Crippen LogP contribution in [0.4, 0.5) is 0 Å². The summed E-state index contributed by atoms with van der Waals surface area (Å²) in [5.74, 6) is 1.36. The van der Waals surface area contributed by atoms with Crippen molar-refractivity contribution in [1.29, 1.82) is 0 Å². The number of nitrogens with zero attached hydrogens (tertiary/aromatic N) is 3. The lowest BCUT2D eigenvalue weighted by molar-refractivity contribution is 0.170. The lowest BCUT2D eigenvalue weighted by atomic mass is 9.83. The van der Waals surface area contributed by atoms with Crippen LogP contribution in [0.25, 0.3) is 0 Å². The van der Waals surface area contributed by atoms with E-state index in [1.165, 1.54) is 25.7 Å². The average molecular weight is 286 g/mol. The molecule has 106 valence electrons. The molecule has 19 heavy (non-hydrogen) atoms. The summed E-state index contributed by atoms with van der Waals surface area (Å²) in [5, 5.41) is 0.102. The minimum Gasteiger partial charge on any atom is -0.464 e. The van der Waals surface area contributed by atoms with E-state index in [9.17, 15) is 0 Å². The van der Waals surface area contributed by atoms with Gasteiger partial charge in [0.25, 0.3) is 0 Å². The molecule has 5 nitrogen and oxygen atoms in total. The Kier molecular flexibility index (Phi) is 5.19. The third-order valence-corrected chi connectivity index (χ3v) is 3.50. The van der Waals surface area contributed by atoms with Crippen molar-refractivity contribution in [1.82, 2.24) is 15.0 Å². The average Bonchev–Trinajstić information content (AvgIpc) is 2.36. The van der Waals surface area contributed by atoms with Crippen molar-refractivity contribution in [2.45, 2.75) is 39.5 Å². The Morgan fingerprint density at radius 3 is 2.58 bits per heavy atom. The lowest BCUT2D eigenvalue weighted by Crippen LogP contribution is -2.20. The number of aromatic nitrogens is 3. The van der Waals surface area contributed by atoms with Crippen LogP contribution in [-0.4, -0.2) is 28.2 Å². The molecule has 0 radical (unpaired) electrons. The normalized spacial score (nSPS) is 23.1. The SMILES string of the molecule is CCOc1nc(Cl)nc(OCC2CCCC(C)C2)n1. The van der Waals surface area contributed by atoms with Gasteiger partial charge in [0, 0.05) is 0 Å². The molecule has 0 saturated heterocycles. The van der Waals surface area contributed by atoms with E-state index in [0.717, 1.165) is 5.92 Å². The van der Waals surface area contributed by atoms with Crippen molar-refractivity contribution >= 4 is 11.6 Å². The number of ether oxygens (including phenoxy) is 2. The van der Waals surface area contributed by atoms with Crippen molar-refractivity contribution < 1.29 is 9.47 Å². The summed E-state index contributed by atoms with van der Waals surface area (Å²) in [6.45, 7) is 5.27. The van der Waals surface area contributed by atoms with Crippen LogP contribution in [0, 0.1) is 11.8 Å². The number of hydrogen-bond donors (Lipinski definition) is 0. The Bertz CT molecular complexity index is 417. The Morgan fingerprint density at radius 2 is 1.89 bits per heavy atom. The molecule has 0 aromatic carbocycles. The van der Waals surface area contributed by atoms with Gasteiger partial charge in [-0.05, 0) is 43.2 Å². The Morgan fingerprint density at radius 1 is 1.16 bits per heavy atom. The van der Waals surface area contributed by atoms with Crippen LogP contribution in [-0.2, 0) is 0 Å². The fraction of sp³-hybridized carbons (Fsp3) is 0.769. The molecule has 2 atom stereocenters. The molecule has 1 aliphatic rings. The quantitative estimate of drug-likeness (QED) is 0.832. The summed E-state index contributed by atoms with van der Waals surface area (Å²) in [4.78, 5) is 11.9. The maximum atomic E-state index is 5.81. The highest BCUT2D eigenvalue weighted by molar-refractivity contribution is 6.28. The van der Waals surface area contributed by atoms with Crippen molar-refractivity contribution in [3.63, 3.8) is 0 Å². The fourth-order valence-electron chi connectivity index (χ4n) is 2.48. The second-order valence-corrected chi connectivity index (χ2v) is 5.39. The third-order valence-electron chi connectivity index (χ3n) is 3.33. The Labute approximate surface area is 118 Å². The minimum atomic E-state index is 0.102. The van der Waals surface area contributed by atoms with Crippen LogP contribution in [0.15, 0.2) is 0 Å². The molecule has 1 aromatic rings. The summed E-state index contributed by atoms with van der Waals surface area (Å²) in [6.07, 6.45) is 5.01. The largest absolute Gasteiger partial charge is 0.464 e.